The quantitative estimate of drug-likeness (QED) is 0.00568. The van der Waals surface area contributed by atoms with Crippen molar-refractivity contribution in [2.75, 3.05) is 46.7 Å². The lowest BCUT2D eigenvalue weighted by atomic mass is 9.95. The molecule has 25 nitrogen and oxygen atoms in total. The molecule has 0 bridgehead atoms. The van der Waals surface area contributed by atoms with E-state index in [9.17, 15) is 28.8 Å². The lowest BCUT2D eigenvalue weighted by molar-refractivity contribution is -0.124. The summed E-state index contributed by atoms with van der Waals surface area (Å²) in [6.45, 7) is 13.4. The van der Waals surface area contributed by atoms with E-state index in [0.717, 1.165) is 53.4 Å². The van der Waals surface area contributed by atoms with Gasteiger partial charge < -0.3 is 62.2 Å². The van der Waals surface area contributed by atoms with Crippen molar-refractivity contribution in [2.45, 2.75) is 189 Å². The number of rotatable bonds is 39. The number of aromatic nitrogens is 4. The maximum absolute atomic E-state index is 14.1. The van der Waals surface area contributed by atoms with Gasteiger partial charge in [0.2, 0.25) is 17.8 Å². The predicted molar refractivity (Wildman–Crippen MR) is 482 cm³/mol. The Bertz CT molecular complexity index is 4060. The second kappa shape index (κ2) is 57.4. The van der Waals surface area contributed by atoms with Gasteiger partial charge in [0, 0.05) is 91.1 Å². The van der Waals surface area contributed by atoms with E-state index in [1.807, 2.05) is 151 Å². The molecule has 114 heavy (non-hydrogen) atoms. The van der Waals surface area contributed by atoms with Crippen LogP contribution in [0.2, 0.25) is 0 Å². The number of amides is 8. The van der Waals surface area contributed by atoms with Gasteiger partial charge in [-0.05, 0) is 106 Å². The van der Waals surface area contributed by atoms with Gasteiger partial charge in [0.05, 0.1) is 55.3 Å². The van der Waals surface area contributed by atoms with E-state index in [0.29, 0.717) is 63.8 Å². The zero-order chi connectivity index (χ0) is 79.4. The van der Waals surface area contributed by atoms with Gasteiger partial charge >= 0.3 is 24.2 Å². The van der Waals surface area contributed by atoms with Gasteiger partial charge in [0.15, 0.2) is 6.19 Å². The van der Waals surface area contributed by atoms with Crippen LogP contribution in [0.3, 0.4) is 0 Å². The maximum Gasteiger partial charge on any atom is 0.407 e. The van der Waals surface area contributed by atoms with Crippen molar-refractivity contribution >= 4 is 135 Å². The summed E-state index contributed by atoms with van der Waals surface area (Å²) in [5.41, 5.74) is 15.1. The van der Waals surface area contributed by atoms with Crippen molar-refractivity contribution in [3.05, 3.63) is 220 Å². The fraction of sp³-hybridized carbons (Fsp3) is 0.439. The highest BCUT2D eigenvalue weighted by Gasteiger charge is 2.29. The number of guanidine groups is 1. The normalized spacial score (nSPS) is 12.2. The van der Waals surface area contributed by atoms with Crippen LogP contribution in [0.5, 0.6) is 0 Å². The Labute approximate surface area is 717 Å². The molecule has 0 saturated heterocycles. The molecule has 6 atom stereocenters. The highest BCUT2D eigenvalue weighted by Crippen LogP contribution is 2.24. The molecule has 4 aromatic heterocycles. The van der Waals surface area contributed by atoms with E-state index < -0.39 is 30.3 Å². The minimum atomic E-state index is -0.928. The third kappa shape index (κ3) is 39.6. The fourth-order valence-corrected chi connectivity index (χ4v) is 14.4. The first-order chi connectivity index (χ1) is 53.1. The van der Waals surface area contributed by atoms with E-state index >= 15 is 0 Å². The SMILES string of the molecule is C.C.C.C=C(SC)SC.CC(C)c1nc(CN(C)C(=O)N[C@@H](CCN)C(=O)N[C@H](CC[C@H](Cc2ccccc2)NC(=O)OCc2cncs2)Cc2ccccc2)cs1.CN=C(NC#N)NCC[C@H](NC(=O)N(C)Cc1csc(C(C)C)n1)C(=O)N[C@H](CC[C@H](Cc1ccccc1)NC(=O)OCc1cncs1)Cc1ccccc1.I. The number of nitrogens with zero attached hydrogens (tertiary/aromatic N) is 8. The van der Waals surface area contributed by atoms with Gasteiger partial charge in [-0.15, -0.1) is 92.8 Å². The molecule has 4 aromatic carbocycles. The van der Waals surface area contributed by atoms with Gasteiger partial charge in [-0.3, -0.25) is 29.9 Å². The number of urea groups is 2. The van der Waals surface area contributed by atoms with Gasteiger partial charge in [-0.25, -0.2) is 29.1 Å². The van der Waals surface area contributed by atoms with Crippen LogP contribution in [-0.4, -0.2) is 155 Å². The first-order valence-electron chi connectivity index (χ1n) is 36.3. The van der Waals surface area contributed by atoms with Crippen molar-refractivity contribution in [3.8, 4) is 6.19 Å². The van der Waals surface area contributed by atoms with Crippen LogP contribution in [0, 0.1) is 11.5 Å². The second-order valence-electron chi connectivity index (χ2n) is 26.4. The molecule has 0 unspecified atom stereocenters. The van der Waals surface area contributed by atoms with E-state index in [1.54, 1.807) is 83.7 Å². The third-order valence-corrected chi connectivity index (χ3v) is 22.7. The van der Waals surface area contributed by atoms with E-state index in [4.69, 9.17) is 20.5 Å². The Hall–Kier alpha value is -8.69. The smallest absolute Gasteiger partial charge is 0.407 e. The van der Waals surface area contributed by atoms with Crippen LogP contribution in [0.25, 0.3) is 0 Å². The van der Waals surface area contributed by atoms with Gasteiger partial charge in [-0.1, -0.05) is 178 Å². The Morgan fingerprint density at radius 3 is 1.18 bits per heavy atom. The number of benzene rings is 4. The largest absolute Gasteiger partial charge is 0.444 e. The molecule has 32 heteroatoms. The van der Waals surface area contributed by atoms with Crippen LogP contribution in [-0.2, 0) is 71.0 Å². The molecule has 622 valence electrons. The predicted octanol–water partition coefficient (Wildman–Crippen LogP) is 15.7. The monoisotopic (exact) mass is 1790 g/mol. The summed E-state index contributed by atoms with van der Waals surface area (Å²) in [5, 5.41) is 38.7. The van der Waals surface area contributed by atoms with Crippen molar-refractivity contribution in [2.24, 2.45) is 10.7 Å². The van der Waals surface area contributed by atoms with Crippen LogP contribution in [0.1, 0.15) is 154 Å². The molecule has 0 fully saturated rings. The number of carbonyl (C=O) groups excluding carboxylic acids is 6. The molecule has 8 aromatic rings. The average Bonchev–Trinajstić information content (AvgIpc) is 1.59. The zero-order valence-electron chi connectivity index (χ0n) is 64.4. The minimum absolute atomic E-state index is 0. The number of thioether (sulfide) groups is 2. The van der Waals surface area contributed by atoms with Crippen LogP contribution >= 0.6 is 92.8 Å². The number of nitrogens with one attached hydrogen (secondary N) is 8. The van der Waals surface area contributed by atoms with Gasteiger partial charge in [0.1, 0.15) is 25.3 Å². The molecular weight excluding hydrogens is 1670 g/mol. The summed E-state index contributed by atoms with van der Waals surface area (Å²) in [6.07, 6.45) is 13.1. The molecular formula is C82H118IN17O8S6. The van der Waals surface area contributed by atoms with Crippen LogP contribution < -0.4 is 48.3 Å². The zero-order valence-corrected chi connectivity index (χ0v) is 71.7. The molecule has 0 saturated carbocycles. The number of nitrogens with two attached hydrogens (primary N) is 1. The number of thiazole rings is 4. The number of alkyl carbamates (subject to hydrolysis) is 2. The lowest BCUT2D eigenvalue weighted by Crippen LogP contribution is -2.53. The Kier molecular flexibility index (Phi) is 51.0. The molecule has 8 amide bonds. The van der Waals surface area contributed by atoms with Crippen LogP contribution in [0.4, 0.5) is 19.2 Å². The van der Waals surface area contributed by atoms with Gasteiger partial charge in [-0.2, -0.15) is 5.26 Å². The summed E-state index contributed by atoms with van der Waals surface area (Å²) in [4.78, 5) is 106. The maximum atomic E-state index is 14.1. The molecule has 0 aliphatic rings. The van der Waals surface area contributed by atoms with Crippen molar-refractivity contribution in [3.63, 3.8) is 0 Å². The fourth-order valence-electron chi connectivity index (χ4n) is 11.0. The number of nitriles is 1. The number of hydrogen-bond donors (Lipinski definition) is 9. The lowest BCUT2D eigenvalue weighted by Gasteiger charge is -2.27. The van der Waals surface area contributed by atoms with E-state index in [1.165, 1.54) is 43.8 Å². The molecule has 10 N–H and O–H groups in total. The van der Waals surface area contributed by atoms with Gasteiger partial charge in [0.25, 0.3) is 0 Å². The summed E-state index contributed by atoms with van der Waals surface area (Å²) < 4.78 is 12.2. The third-order valence-electron chi connectivity index (χ3n) is 16.9. The number of hydrogen-bond acceptors (Lipinski definition) is 21. The van der Waals surface area contributed by atoms with Crippen molar-refractivity contribution in [1.29, 1.82) is 5.26 Å². The van der Waals surface area contributed by atoms with Crippen molar-refractivity contribution in [1.82, 2.24) is 72.3 Å². The Morgan fingerprint density at radius 1 is 0.544 bits per heavy atom. The molecule has 0 spiro atoms. The summed E-state index contributed by atoms with van der Waals surface area (Å²) in [7, 11) is 4.88. The Morgan fingerprint density at radius 2 is 0.895 bits per heavy atom. The first-order valence-corrected chi connectivity index (χ1v) is 42.2. The van der Waals surface area contributed by atoms with Crippen molar-refractivity contribution < 1.29 is 38.2 Å². The van der Waals surface area contributed by atoms with E-state index in [2.05, 4.69) is 102 Å². The second-order valence-corrected chi connectivity index (χ2v) is 32.1. The minimum Gasteiger partial charge on any atom is -0.444 e. The summed E-state index contributed by atoms with van der Waals surface area (Å²) in [6, 6.07) is 35.9. The molecule has 4 heterocycles. The highest BCUT2D eigenvalue weighted by molar-refractivity contribution is 14.0. The topological polar surface area (TPSA) is 337 Å². The first kappa shape index (κ1) is 101. The van der Waals surface area contributed by atoms with Crippen LogP contribution in [0.15, 0.2) is 171 Å². The van der Waals surface area contributed by atoms with E-state index in [-0.39, 0.29) is 146 Å². The molecule has 0 aliphatic heterocycles. The number of carbonyl (C=O) groups is 6. The summed E-state index contributed by atoms with van der Waals surface area (Å²) in [5.74, 6) is 0.174. The average molecular weight is 1790 g/mol. The number of aliphatic imine (C=N–C) groups is 1. The number of ether oxygens (including phenoxy) is 2. The molecule has 8 rings (SSSR count). The Balaban J connectivity index is 0.000000701. The highest BCUT2D eigenvalue weighted by atomic mass is 127. The molecule has 0 radical (unpaired) electrons. The molecule has 0 aliphatic carbocycles. The summed E-state index contributed by atoms with van der Waals surface area (Å²) >= 11 is 9.35. The standard InChI is InChI=1S/C39H50N10O4S2.C36H47N7O4S2.C4H8S2.3CH4.HI/c1-27(2)36-46-32(24-54-36)22-49(4)38(51)48-34(17-18-43-37(41-3)44-25-40)35(50)45-30(19-28-11-7-5-8-12-28)15-16-31(20-29-13-9-6-10-14-29)47-39(52)53-23-33-21-42-26-55-33;1-25(2)34-40-30(23-48-34)21-43(3)35(45)42-32(16-17-37)33(44)39-28(18-26-10-6-4-7-11-26)14-15-29(19-27-12-8-5-9-13-27)41-36(46)47-22-31-20-38-24-49-31;1-4(5-2)6-3;;;;/h5-14,21,24,26-27,30-31,34H,15-20,22-23H2,1-4H3,(H,45,50)(H,47,52)(H,48,51)(H2,41,43,44);4-13,20,23-25,28-29,32H,14-19,21-22,37H2,1-3H3,(H,39,44)(H,41,46)(H,42,45);1H2,2-3H3;3*1H4;1H/t30-,31-,34+;28-,29-,32+;;;;;/m11...../s1. The number of halogens is 1.